The maximum Gasteiger partial charge on any atom is 0.267 e. The molecule has 0 saturated heterocycles. The largest absolute Gasteiger partial charge is 0.384 e. The summed E-state index contributed by atoms with van der Waals surface area (Å²) in [4.78, 5) is 30.8. The van der Waals surface area contributed by atoms with E-state index in [0.29, 0.717) is 17.3 Å². The second-order valence-electron chi connectivity index (χ2n) is 8.08. The molecule has 1 fully saturated rings. The second kappa shape index (κ2) is 8.37. The number of nitrogens with zero attached hydrogens (tertiary/aromatic N) is 5. The first-order chi connectivity index (χ1) is 16.2. The first-order valence-electron chi connectivity index (χ1n) is 10.4. The zero-order valence-electron chi connectivity index (χ0n) is 17.9. The molecule has 1 aliphatic rings. The number of pyridine rings is 1. The molecule has 9 nitrogen and oxygen atoms in total. The van der Waals surface area contributed by atoms with Gasteiger partial charge in [0, 0.05) is 0 Å². The highest BCUT2D eigenvalue weighted by molar-refractivity contribution is 6.35. The third-order valence-corrected chi connectivity index (χ3v) is 6.32. The maximum absolute atomic E-state index is 14.8. The zero-order chi connectivity index (χ0) is 24.1. The van der Waals surface area contributed by atoms with Crippen LogP contribution < -0.4 is 22.3 Å². The quantitative estimate of drug-likeness (QED) is 0.373. The van der Waals surface area contributed by atoms with E-state index in [9.17, 15) is 9.18 Å². The van der Waals surface area contributed by atoms with E-state index in [-0.39, 0.29) is 44.3 Å². The number of benzene rings is 1. The van der Waals surface area contributed by atoms with E-state index in [4.69, 9.17) is 34.7 Å². The Labute approximate surface area is 203 Å². The minimum Gasteiger partial charge on any atom is -0.384 e. The highest BCUT2D eigenvalue weighted by Gasteiger charge is 2.37. The van der Waals surface area contributed by atoms with Gasteiger partial charge in [-0.05, 0) is 49.9 Å². The Morgan fingerprint density at radius 3 is 2.59 bits per heavy atom. The molecule has 5 rings (SSSR count). The van der Waals surface area contributed by atoms with Gasteiger partial charge in [0.25, 0.3) is 5.56 Å². The molecule has 0 aliphatic heterocycles. The second-order valence-corrected chi connectivity index (χ2v) is 8.87. The van der Waals surface area contributed by atoms with Crippen LogP contribution in [-0.2, 0) is 0 Å². The molecule has 1 aliphatic carbocycles. The lowest BCUT2D eigenvalue weighted by Gasteiger charge is -2.24. The van der Waals surface area contributed by atoms with Gasteiger partial charge in [0.05, 0.1) is 28.3 Å². The molecule has 174 valence electrons. The molecule has 0 bridgehead atoms. The minimum absolute atomic E-state index is 0.0306. The number of anilines is 3. The summed E-state index contributed by atoms with van der Waals surface area (Å²) in [5, 5.41) is 3.48. The minimum atomic E-state index is -0.657. The van der Waals surface area contributed by atoms with Crippen molar-refractivity contribution in [2.75, 3.05) is 16.8 Å². The van der Waals surface area contributed by atoms with Crippen LogP contribution in [0.3, 0.4) is 0 Å². The molecular formula is C22H19Cl2FN8O. The van der Waals surface area contributed by atoms with Crippen molar-refractivity contribution in [3.63, 3.8) is 0 Å². The Morgan fingerprint density at radius 1 is 1.15 bits per heavy atom. The van der Waals surface area contributed by atoms with Crippen molar-refractivity contribution in [1.29, 1.82) is 0 Å². The van der Waals surface area contributed by atoms with Gasteiger partial charge in [0.15, 0.2) is 5.82 Å². The summed E-state index contributed by atoms with van der Waals surface area (Å²) < 4.78 is 16.2. The van der Waals surface area contributed by atoms with Gasteiger partial charge >= 0.3 is 0 Å². The van der Waals surface area contributed by atoms with Crippen LogP contribution >= 0.6 is 23.2 Å². The van der Waals surface area contributed by atoms with E-state index in [1.165, 1.54) is 22.9 Å². The Hall–Kier alpha value is -3.50. The molecule has 3 aromatic heterocycles. The number of fused-ring (bicyclic) bond motifs is 1. The molecule has 0 radical (unpaired) electrons. The number of hydrogen-bond acceptors (Lipinski definition) is 8. The lowest BCUT2D eigenvalue weighted by atomic mass is 10.1. The van der Waals surface area contributed by atoms with Crippen LogP contribution in [0.5, 0.6) is 0 Å². The van der Waals surface area contributed by atoms with Crippen LogP contribution in [0.15, 0.2) is 35.3 Å². The summed E-state index contributed by atoms with van der Waals surface area (Å²) in [5.74, 6) is 0.818. The number of hydrogen-bond donors (Lipinski definition) is 3. The van der Waals surface area contributed by atoms with E-state index < -0.39 is 17.4 Å². The van der Waals surface area contributed by atoms with Gasteiger partial charge in [-0.3, -0.25) is 9.36 Å². The van der Waals surface area contributed by atoms with Crippen LogP contribution in [0.1, 0.15) is 30.5 Å². The maximum atomic E-state index is 14.8. The van der Waals surface area contributed by atoms with Crippen molar-refractivity contribution in [2.24, 2.45) is 5.92 Å². The fourth-order valence-electron chi connectivity index (χ4n) is 3.87. The molecule has 5 N–H and O–H groups in total. The topological polar surface area (TPSA) is 138 Å². The smallest absolute Gasteiger partial charge is 0.267 e. The molecule has 34 heavy (non-hydrogen) atoms. The van der Waals surface area contributed by atoms with Crippen molar-refractivity contribution in [3.8, 4) is 5.69 Å². The molecule has 0 unspecified atom stereocenters. The van der Waals surface area contributed by atoms with Gasteiger partial charge in [-0.15, -0.1) is 0 Å². The summed E-state index contributed by atoms with van der Waals surface area (Å²) >= 11 is 12.7. The Balaban J connectivity index is 1.78. The molecule has 12 heteroatoms. The summed E-state index contributed by atoms with van der Waals surface area (Å²) in [5.41, 5.74) is 11.4. The van der Waals surface area contributed by atoms with Gasteiger partial charge in [0.2, 0.25) is 0 Å². The van der Waals surface area contributed by atoms with Crippen molar-refractivity contribution < 1.29 is 4.39 Å². The third-order valence-electron chi connectivity index (χ3n) is 5.63. The number of nitrogens with two attached hydrogens (primary N) is 2. The van der Waals surface area contributed by atoms with Crippen LogP contribution in [0.25, 0.3) is 16.6 Å². The average molecular weight is 501 g/mol. The summed E-state index contributed by atoms with van der Waals surface area (Å²) in [6, 6.07) is 5.17. The van der Waals surface area contributed by atoms with Crippen LogP contribution in [0.2, 0.25) is 10.0 Å². The Kier molecular flexibility index (Phi) is 5.49. The van der Waals surface area contributed by atoms with Gasteiger partial charge < -0.3 is 16.8 Å². The number of aromatic nitrogens is 5. The molecule has 1 aromatic carbocycles. The first-order valence-corrected chi connectivity index (χ1v) is 11.2. The lowest BCUT2D eigenvalue weighted by molar-refractivity contribution is 0.600. The van der Waals surface area contributed by atoms with Crippen molar-refractivity contribution in [2.45, 2.75) is 25.8 Å². The Morgan fingerprint density at radius 2 is 1.91 bits per heavy atom. The zero-order valence-corrected chi connectivity index (χ0v) is 19.4. The van der Waals surface area contributed by atoms with Crippen molar-refractivity contribution in [1.82, 2.24) is 24.5 Å². The van der Waals surface area contributed by atoms with Gasteiger partial charge in [-0.2, -0.15) is 0 Å². The van der Waals surface area contributed by atoms with Gasteiger partial charge in [0.1, 0.15) is 39.6 Å². The molecular weight excluding hydrogens is 482 g/mol. The summed E-state index contributed by atoms with van der Waals surface area (Å²) in [6.07, 6.45) is 3.17. The number of halogens is 3. The van der Waals surface area contributed by atoms with E-state index in [0.717, 1.165) is 12.8 Å². The van der Waals surface area contributed by atoms with E-state index >= 15 is 0 Å². The molecule has 1 saturated carbocycles. The summed E-state index contributed by atoms with van der Waals surface area (Å²) in [7, 11) is 0. The molecule has 0 amide bonds. The number of rotatable bonds is 5. The standard InChI is InChI=1S/C22H19Cl2FN8O/c1-9-29-19(27)16(24)20(30-9)31-17(10-2-3-10)21-32-18-13(25)6-5-12(23)15(18)22(34)33(21)11-4-7-14(26)28-8-11/h4-8,10,17H,2-3H2,1H3,(H2,26,28)(H3,27,29,30,31)/t17-/m0/s1. The van der Waals surface area contributed by atoms with E-state index in [1.807, 2.05) is 0 Å². The monoisotopic (exact) mass is 500 g/mol. The summed E-state index contributed by atoms with van der Waals surface area (Å²) in [6.45, 7) is 1.69. The number of aryl methyl sites for hydroxylation is 1. The molecule has 4 aromatic rings. The predicted molar refractivity (Wildman–Crippen MR) is 130 cm³/mol. The predicted octanol–water partition coefficient (Wildman–Crippen LogP) is 4.05. The van der Waals surface area contributed by atoms with E-state index in [1.54, 1.807) is 19.1 Å². The van der Waals surface area contributed by atoms with Crippen LogP contribution in [0.4, 0.5) is 21.8 Å². The molecule has 3 heterocycles. The normalized spacial score (nSPS) is 14.4. The van der Waals surface area contributed by atoms with Gasteiger partial charge in [-0.1, -0.05) is 23.2 Å². The van der Waals surface area contributed by atoms with E-state index in [2.05, 4.69) is 25.3 Å². The fourth-order valence-corrected chi connectivity index (χ4v) is 4.24. The highest BCUT2D eigenvalue weighted by atomic mass is 35.5. The average Bonchev–Trinajstić information content (AvgIpc) is 3.63. The highest BCUT2D eigenvalue weighted by Crippen LogP contribution is 2.44. The molecule has 0 spiro atoms. The van der Waals surface area contributed by atoms with Gasteiger partial charge in [-0.25, -0.2) is 24.3 Å². The number of nitrogen functional groups attached to an aromatic ring is 2. The van der Waals surface area contributed by atoms with Crippen LogP contribution in [0, 0.1) is 18.7 Å². The SMILES string of the molecule is Cc1nc(N)c(Cl)c(N[C@H](c2nc3c(F)ccc(Cl)c3c(=O)n2-c2ccc(N)nc2)C2CC2)n1. The molecule has 1 atom stereocenters. The van der Waals surface area contributed by atoms with Crippen LogP contribution in [-0.4, -0.2) is 24.5 Å². The first kappa shape index (κ1) is 22.3. The third kappa shape index (κ3) is 3.88. The van der Waals surface area contributed by atoms with Crippen molar-refractivity contribution >= 4 is 51.6 Å². The Bertz CT molecular complexity index is 1490. The number of nitrogens with one attached hydrogen (secondary N) is 1. The lowest BCUT2D eigenvalue weighted by Crippen LogP contribution is -2.30. The van der Waals surface area contributed by atoms with Crippen molar-refractivity contribution in [3.05, 3.63) is 68.3 Å². The fraction of sp³-hybridized carbons (Fsp3) is 0.227.